The number of carbonyl (C=O) groups excluding carboxylic acids is 2. The second kappa shape index (κ2) is 7.77. The lowest BCUT2D eigenvalue weighted by Gasteiger charge is -2.34. The molecule has 2 amide bonds. The summed E-state index contributed by atoms with van der Waals surface area (Å²) in [6.45, 7) is 1.44. The Labute approximate surface area is 142 Å². The zero-order chi connectivity index (χ0) is 16.9. The van der Waals surface area contributed by atoms with Gasteiger partial charge in [0.15, 0.2) is 0 Å². The maximum absolute atomic E-state index is 13.2. The number of nitrogens with one attached hydrogen (secondary N) is 1. The van der Waals surface area contributed by atoms with E-state index in [2.05, 4.69) is 5.32 Å². The Morgan fingerprint density at radius 2 is 1.83 bits per heavy atom. The summed E-state index contributed by atoms with van der Waals surface area (Å²) in [5, 5.41) is 3.02. The van der Waals surface area contributed by atoms with E-state index < -0.39 is 0 Å². The number of hydrogen-bond acceptors (Lipinski definition) is 2. The third-order valence-corrected chi connectivity index (χ3v) is 5.13. The van der Waals surface area contributed by atoms with E-state index in [0.29, 0.717) is 11.5 Å². The number of likely N-dealkylation sites (tertiary alicyclic amines) is 1. The van der Waals surface area contributed by atoms with Gasteiger partial charge >= 0.3 is 0 Å². The van der Waals surface area contributed by atoms with Crippen LogP contribution >= 0.6 is 0 Å². The van der Waals surface area contributed by atoms with Gasteiger partial charge in [-0.15, -0.1) is 0 Å². The molecule has 5 heteroatoms. The summed E-state index contributed by atoms with van der Waals surface area (Å²) < 4.78 is 13.2. The SMILES string of the molecule is O=C(Cc1cccc(F)c1)NC1CCN(C(=O)C2CCCC2)CC1. The van der Waals surface area contributed by atoms with Crippen molar-refractivity contribution < 1.29 is 14.0 Å². The first-order chi connectivity index (χ1) is 11.6. The Morgan fingerprint density at radius 1 is 1.12 bits per heavy atom. The lowest BCUT2D eigenvalue weighted by molar-refractivity contribution is -0.136. The number of hydrogen-bond donors (Lipinski definition) is 1. The summed E-state index contributed by atoms with van der Waals surface area (Å²) in [4.78, 5) is 26.5. The maximum Gasteiger partial charge on any atom is 0.225 e. The minimum Gasteiger partial charge on any atom is -0.353 e. The molecular formula is C19H25FN2O2. The van der Waals surface area contributed by atoms with Gasteiger partial charge in [-0.05, 0) is 43.4 Å². The largest absolute Gasteiger partial charge is 0.353 e. The number of carbonyl (C=O) groups is 2. The van der Waals surface area contributed by atoms with E-state index in [9.17, 15) is 14.0 Å². The second-order valence-corrected chi connectivity index (χ2v) is 6.96. The van der Waals surface area contributed by atoms with Crippen LogP contribution in [0, 0.1) is 11.7 Å². The van der Waals surface area contributed by atoms with Crippen molar-refractivity contribution in [2.45, 2.75) is 51.0 Å². The van der Waals surface area contributed by atoms with Gasteiger partial charge in [0.1, 0.15) is 5.82 Å². The molecule has 130 valence electrons. The molecule has 0 aromatic heterocycles. The van der Waals surface area contributed by atoms with Gasteiger partial charge < -0.3 is 10.2 Å². The number of rotatable bonds is 4. The van der Waals surface area contributed by atoms with Gasteiger partial charge in [-0.1, -0.05) is 25.0 Å². The van der Waals surface area contributed by atoms with Crippen LogP contribution < -0.4 is 5.32 Å². The first kappa shape index (κ1) is 16.9. The summed E-state index contributed by atoms with van der Waals surface area (Å²) in [6, 6.07) is 6.25. The van der Waals surface area contributed by atoms with Crippen molar-refractivity contribution in [3.8, 4) is 0 Å². The minimum atomic E-state index is -0.320. The first-order valence-electron chi connectivity index (χ1n) is 8.94. The molecule has 1 saturated heterocycles. The van der Waals surface area contributed by atoms with Crippen LogP contribution in [0.1, 0.15) is 44.1 Å². The van der Waals surface area contributed by atoms with E-state index in [-0.39, 0.29) is 30.1 Å². The molecule has 4 nitrogen and oxygen atoms in total. The Bertz CT molecular complexity index is 591. The van der Waals surface area contributed by atoms with Gasteiger partial charge in [0.2, 0.25) is 11.8 Å². The van der Waals surface area contributed by atoms with E-state index in [1.807, 2.05) is 4.90 Å². The van der Waals surface area contributed by atoms with Gasteiger partial charge in [0.05, 0.1) is 6.42 Å². The molecule has 0 bridgehead atoms. The molecule has 1 aromatic carbocycles. The third kappa shape index (κ3) is 4.34. The van der Waals surface area contributed by atoms with Crippen LogP contribution in [-0.4, -0.2) is 35.8 Å². The molecule has 1 aromatic rings. The van der Waals surface area contributed by atoms with Crippen molar-refractivity contribution in [1.29, 1.82) is 0 Å². The van der Waals surface area contributed by atoms with Gasteiger partial charge in [-0.2, -0.15) is 0 Å². The molecule has 1 N–H and O–H groups in total. The standard InChI is InChI=1S/C19H25FN2O2/c20-16-7-3-4-14(12-16)13-18(23)21-17-8-10-22(11-9-17)19(24)15-5-1-2-6-15/h3-4,7,12,15,17H,1-2,5-6,8-11,13H2,(H,21,23). The van der Waals surface area contributed by atoms with E-state index in [1.165, 1.54) is 25.0 Å². The smallest absolute Gasteiger partial charge is 0.225 e. The summed E-state index contributed by atoms with van der Waals surface area (Å²) in [7, 11) is 0. The van der Waals surface area contributed by atoms with E-state index in [1.54, 1.807) is 12.1 Å². The molecule has 1 saturated carbocycles. The van der Waals surface area contributed by atoms with Gasteiger partial charge in [-0.3, -0.25) is 9.59 Å². The fourth-order valence-electron chi connectivity index (χ4n) is 3.79. The monoisotopic (exact) mass is 332 g/mol. The molecule has 1 aliphatic heterocycles. The van der Waals surface area contributed by atoms with Crippen LogP contribution in [0.2, 0.25) is 0 Å². The van der Waals surface area contributed by atoms with Crippen LogP contribution in [0.3, 0.4) is 0 Å². The molecule has 24 heavy (non-hydrogen) atoms. The van der Waals surface area contributed by atoms with Gasteiger partial charge in [-0.25, -0.2) is 4.39 Å². The van der Waals surface area contributed by atoms with Crippen molar-refractivity contribution >= 4 is 11.8 Å². The lowest BCUT2D eigenvalue weighted by Crippen LogP contribution is -2.48. The zero-order valence-corrected chi connectivity index (χ0v) is 14.0. The highest BCUT2D eigenvalue weighted by molar-refractivity contribution is 5.80. The predicted molar refractivity (Wildman–Crippen MR) is 89.8 cm³/mol. The van der Waals surface area contributed by atoms with Crippen LogP contribution in [0.4, 0.5) is 4.39 Å². The van der Waals surface area contributed by atoms with Crippen molar-refractivity contribution in [1.82, 2.24) is 10.2 Å². The number of nitrogens with zero attached hydrogens (tertiary/aromatic N) is 1. The van der Waals surface area contributed by atoms with Crippen LogP contribution in [0.25, 0.3) is 0 Å². The summed E-state index contributed by atoms with van der Waals surface area (Å²) in [5.74, 6) is 0.126. The average Bonchev–Trinajstić information content (AvgIpc) is 3.09. The fourth-order valence-corrected chi connectivity index (χ4v) is 3.79. The molecular weight excluding hydrogens is 307 g/mol. The third-order valence-electron chi connectivity index (χ3n) is 5.13. The molecule has 2 fully saturated rings. The van der Waals surface area contributed by atoms with Crippen LogP contribution in [0.5, 0.6) is 0 Å². The molecule has 1 heterocycles. The summed E-state index contributed by atoms with van der Waals surface area (Å²) in [6.07, 6.45) is 6.19. The van der Waals surface area contributed by atoms with Crippen molar-refractivity contribution in [3.63, 3.8) is 0 Å². The maximum atomic E-state index is 13.2. The minimum absolute atomic E-state index is 0.0823. The van der Waals surface area contributed by atoms with Gasteiger partial charge in [0, 0.05) is 25.0 Å². The fraction of sp³-hybridized carbons (Fsp3) is 0.579. The summed E-state index contributed by atoms with van der Waals surface area (Å²) >= 11 is 0. The van der Waals surface area contributed by atoms with Crippen molar-refractivity contribution in [3.05, 3.63) is 35.6 Å². The normalized spacial score (nSPS) is 19.5. The van der Waals surface area contributed by atoms with Crippen molar-refractivity contribution in [2.75, 3.05) is 13.1 Å². The molecule has 0 radical (unpaired) electrons. The topological polar surface area (TPSA) is 49.4 Å². The molecule has 0 spiro atoms. The van der Waals surface area contributed by atoms with Crippen LogP contribution in [-0.2, 0) is 16.0 Å². The predicted octanol–water partition coefficient (Wildman–Crippen LogP) is 2.67. The molecule has 2 aliphatic rings. The lowest BCUT2D eigenvalue weighted by atomic mass is 10.0. The highest BCUT2D eigenvalue weighted by atomic mass is 19.1. The summed E-state index contributed by atoms with van der Waals surface area (Å²) in [5.41, 5.74) is 0.682. The molecule has 3 rings (SSSR count). The quantitative estimate of drug-likeness (QED) is 0.921. The highest BCUT2D eigenvalue weighted by Gasteiger charge is 2.30. The van der Waals surface area contributed by atoms with E-state index in [4.69, 9.17) is 0 Å². The zero-order valence-electron chi connectivity index (χ0n) is 14.0. The van der Waals surface area contributed by atoms with E-state index in [0.717, 1.165) is 38.8 Å². The Morgan fingerprint density at radius 3 is 2.50 bits per heavy atom. The second-order valence-electron chi connectivity index (χ2n) is 6.96. The molecule has 0 atom stereocenters. The number of amides is 2. The Hall–Kier alpha value is -1.91. The average molecular weight is 332 g/mol. The first-order valence-corrected chi connectivity index (χ1v) is 8.94. The molecule has 0 unspecified atom stereocenters. The Kier molecular flexibility index (Phi) is 5.48. The Balaban J connectivity index is 1.43. The van der Waals surface area contributed by atoms with Crippen LogP contribution in [0.15, 0.2) is 24.3 Å². The van der Waals surface area contributed by atoms with E-state index >= 15 is 0 Å². The number of piperidine rings is 1. The molecule has 1 aliphatic carbocycles. The highest BCUT2D eigenvalue weighted by Crippen LogP contribution is 2.27. The van der Waals surface area contributed by atoms with Gasteiger partial charge in [0.25, 0.3) is 0 Å². The van der Waals surface area contributed by atoms with Crippen molar-refractivity contribution in [2.24, 2.45) is 5.92 Å². The number of halogens is 1. The number of benzene rings is 1.